The summed E-state index contributed by atoms with van der Waals surface area (Å²) in [4.78, 5) is 47.4. The maximum Gasteiger partial charge on any atom is 0.329 e. The fraction of sp³-hybridized carbons (Fsp3) is 0.385. The highest BCUT2D eigenvalue weighted by Crippen LogP contribution is 2.43. The molecule has 0 bridgehead atoms. The van der Waals surface area contributed by atoms with Gasteiger partial charge in [-0.05, 0) is 0 Å². The molecule has 1 aromatic rings. The Morgan fingerprint density at radius 2 is 2.12 bits per heavy atom. The fourth-order valence-electron chi connectivity index (χ4n) is 2.06. The molecule has 1 aliphatic rings. The van der Waals surface area contributed by atoms with Crippen molar-refractivity contribution >= 4 is 23.6 Å². The molecule has 0 aliphatic carbocycles. The van der Waals surface area contributed by atoms with Gasteiger partial charge in [0.1, 0.15) is 29.9 Å². The van der Waals surface area contributed by atoms with Crippen molar-refractivity contribution in [2.24, 2.45) is 11.5 Å². The molecule has 1 aliphatic heterocycles. The molecule has 2 rings (SSSR count). The standard InChI is InChI=1S/C13H16N4O7S/c14-5(3-7(15)18)12(22)24-4-6-9(20)10(21)11(25-6)17-2-1-8(19)16-13(17)23/h1-2,5,10-11,20-21H,3-4,14H2,(H2,15,18)(H,16,19,23)/t5-,10?,11-/m1/s1. The maximum atomic E-state index is 11.8. The minimum atomic E-state index is -1.44. The van der Waals surface area contributed by atoms with Crippen LogP contribution in [0.1, 0.15) is 11.8 Å². The number of nitrogens with two attached hydrogens (primary N) is 2. The number of hydrogen-bond acceptors (Lipinski definition) is 9. The Labute approximate surface area is 144 Å². The molecular formula is C13H16N4O7S. The van der Waals surface area contributed by atoms with Crippen LogP contribution in [0, 0.1) is 0 Å². The van der Waals surface area contributed by atoms with Gasteiger partial charge >= 0.3 is 11.7 Å². The van der Waals surface area contributed by atoms with E-state index in [4.69, 9.17) is 16.2 Å². The molecule has 2 heterocycles. The van der Waals surface area contributed by atoms with Crippen LogP contribution in [-0.2, 0) is 14.3 Å². The number of rotatable bonds is 6. The molecule has 12 heteroatoms. The van der Waals surface area contributed by atoms with Crippen molar-refractivity contribution in [2.75, 3.05) is 6.61 Å². The van der Waals surface area contributed by atoms with Gasteiger partial charge in [-0.1, -0.05) is 11.8 Å². The average Bonchev–Trinajstić information content (AvgIpc) is 2.80. The molecule has 1 unspecified atom stereocenters. The molecule has 3 atom stereocenters. The molecule has 0 radical (unpaired) electrons. The fourth-order valence-corrected chi connectivity index (χ4v) is 3.26. The second-order valence-corrected chi connectivity index (χ2v) is 6.38. The molecule has 7 N–H and O–H groups in total. The van der Waals surface area contributed by atoms with Gasteiger partial charge in [0.2, 0.25) is 5.91 Å². The van der Waals surface area contributed by atoms with Gasteiger partial charge < -0.3 is 26.4 Å². The van der Waals surface area contributed by atoms with Gasteiger partial charge in [0.05, 0.1) is 11.3 Å². The van der Waals surface area contributed by atoms with E-state index in [1.165, 1.54) is 6.20 Å². The van der Waals surface area contributed by atoms with Crippen molar-refractivity contribution in [2.45, 2.75) is 23.9 Å². The minimum Gasteiger partial charge on any atom is -0.508 e. The number of hydrogen-bond donors (Lipinski definition) is 5. The van der Waals surface area contributed by atoms with Crippen molar-refractivity contribution in [3.05, 3.63) is 43.8 Å². The molecule has 1 aromatic heterocycles. The minimum absolute atomic E-state index is 0.107. The predicted octanol–water partition coefficient (Wildman–Crippen LogP) is -2.34. The molecule has 1 amide bonds. The van der Waals surface area contributed by atoms with Gasteiger partial charge in [-0.3, -0.25) is 23.9 Å². The van der Waals surface area contributed by atoms with Gasteiger partial charge in [-0.25, -0.2) is 4.79 Å². The summed E-state index contributed by atoms with van der Waals surface area (Å²) in [6, 6.07) is -0.152. The van der Waals surface area contributed by atoms with Crippen molar-refractivity contribution < 1.29 is 24.5 Å². The van der Waals surface area contributed by atoms with E-state index in [1.807, 2.05) is 4.98 Å². The number of aromatic nitrogens is 2. The van der Waals surface area contributed by atoms with E-state index in [9.17, 15) is 29.4 Å². The van der Waals surface area contributed by atoms with E-state index in [1.54, 1.807) is 0 Å². The lowest BCUT2D eigenvalue weighted by Crippen LogP contribution is -2.36. The number of primary amides is 1. The highest BCUT2D eigenvalue weighted by molar-refractivity contribution is 8.03. The van der Waals surface area contributed by atoms with Crippen LogP contribution >= 0.6 is 11.8 Å². The van der Waals surface area contributed by atoms with Crippen molar-refractivity contribution in [3.8, 4) is 0 Å². The van der Waals surface area contributed by atoms with Crippen LogP contribution in [0.15, 0.2) is 32.5 Å². The lowest BCUT2D eigenvalue weighted by molar-refractivity contribution is -0.145. The molecule has 11 nitrogen and oxygen atoms in total. The summed E-state index contributed by atoms with van der Waals surface area (Å²) in [5, 5.41) is 19.1. The molecule has 25 heavy (non-hydrogen) atoms. The summed E-state index contributed by atoms with van der Waals surface area (Å²) in [6.07, 6.45) is -0.663. The number of nitrogens with zero attached hydrogens (tertiary/aromatic N) is 1. The monoisotopic (exact) mass is 372 g/mol. The number of nitrogens with one attached hydrogen (secondary N) is 1. The summed E-state index contributed by atoms with van der Waals surface area (Å²) in [5.74, 6) is -2.14. The number of H-pyrrole nitrogens is 1. The lowest BCUT2D eigenvalue weighted by atomic mass is 10.2. The quantitative estimate of drug-likeness (QED) is 0.340. The normalized spacial score (nSPS) is 21.2. The molecule has 0 spiro atoms. The number of thioether (sulfide) groups is 1. The van der Waals surface area contributed by atoms with E-state index in [2.05, 4.69) is 0 Å². The summed E-state index contributed by atoms with van der Waals surface area (Å²) < 4.78 is 5.90. The van der Waals surface area contributed by atoms with Crippen LogP contribution in [0.3, 0.4) is 0 Å². The number of ether oxygens (including phenoxy) is 1. The van der Waals surface area contributed by atoms with E-state index in [0.29, 0.717) is 0 Å². The van der Waals surface area contributed by atoms with Crippen LogP contribution < -0.4 is 22.7 Å². The number of amides is 1. The molecule has 136 valence electrons. The van der Waals surface area contributed by atoms with Crippen molar-refractivity contribution in [1.29, 1.82) is 0 Å². The Bertz CT molecular complexity index is 830. The van der Waals surface area contributed by atoms with Crippen molar-refractivity contribution in [1.82, 2.24) is 9.55 Å². The SMILES string of the molecule is NC(=O)C[C@@H](N)C(=O)OCC1=C(O)C(O)[C@H](n2ccc(=O)[nH]c2=O)S1. The zero-order valence-electron chi connectivity index (χ0n) is 12.7. The molecule has 0 saturated heterocycles. The van der Waals surface area contributed by atoms with Crippen LogP contribution in [0.2, 0.25) is 0 Å². The second-order valence-electron chi connectivity index (χ2n) is 5.16. The first-order valence-corrected chi connectivity index (χ1v) is 7.87. The van der Waals surface area contributed by atoms with E-state index < -0.39 is 59.4 Å². The van der Waals surface area contributed by atoms with E-state index in [0.717, 1.165) is 22.4 Å². The Kier molecular flexibility index (Phi) is 5.66. The van der Waals surface area contributed by atoms with Gasteiger partial charge in [-0.2, -0.15) is 0 Å². The Morgan fingerprint density at radius 1 is 1.44 bits per heavy atom. The smallest absolute Gasteiger partial charge is 0.329 e. The summed E-state index contributed by atoms with van der Waals surface area (Å²) in [6.45, 7) is -0.409. The van der Waals surface area contributed by atoms with Gasteiger partial charge in [-0.15, -0.1) is 0 Å². The first kappa shape index (κ1) is 18.8. The third kappa shape index (κ3) is 4.29. The maximum absolute atomic E-state index is 11.8. The molecule has 0 saturated carbocycles. The Balaban J connectivity index is 2.06. The van der Waals surface area contributed by atoms with Crippen LogP contribution in [0.25, 0.3) is 0 Å². The summed E-state index contributed by atoms with van der Waals surface area (Å²) >= 11 is 0.878. The van der Waals surface area contributed by atoms with Gasteiger partial charge in [0, 0.05) is 12.3 Å². The summed E-state index contributed by atoms with van der Waals surface area (Å²) in [7, 11) is 0. The van der Waals surface area contributed by atoms with Crippen molar-refractivity contribution in [3.63, 3.8) is 0 Å². The average molecular weight is 372 g/mol. The first-order chi connectivity index (χ1) is 11.7. The van der Waals surface area contributed by atoms with Crippen LogP contribution in [0.4, 0.5) is 0 Å². The van der Waals surface area contributed by atoms with E-state index in [-0.39, 0.29) is 4.91 Å². The number of esters is 1. The number of carbonyl (C=O) groups is 2. The Morgan fingerprint density at radius 3 is 2.72 bits per heavy atom. The number of aliphatic hydroxyl groups excluding tert-OH is 2. The molecule has 0 fully saturated rings. The zero-order valence-corrected chi connectivity index (χ0v) is 13.6. The van der Waals surface area contributed by atoms with E-state index >= 15 is 0 Å². The largest absolute Gasteiger partial charge is 0.508 e. The topological polar surface area (TPSA) is 191 Å². The zero-order chi connectivity index (χ0) is 18.7. The summed E-state index contributed by atoms with van der Waals surface area (Å²) in [5.41, 5.74) is 8.99. The third-order valence-corrected chi connectivity index (χ3v) is 4.63. The van der Waals surface area contributed by atoms with Crippen LogP contribution in [0.5, 0.6) is 0 Å². The number of carbonyl (C=O) groups excluding carboxylic acids is 2. The van der Waals surface area contributed by atoms with Gasteiger partial charge in [0.15, 0.2) is 0 Å². The lowest BCUT2D eigenvalue weighted by Gasteiger charge is -2.16. The van der Waals surface area contributed by atoms with Crippen LogP contribution in [-0.4, -0.2) is 50.4 Å². The Hall–Kier alpha value is -2.57. The second kappa shape index (κ2) is 7.55. The third-order valence-electron chi connectivity index (χ3n) is 3.29. The molecule has 0 aromatic carbocycles. The first-order valence-electron chi connectivity index (χ1n) is 6.99. The highest BCUT2D eigenvalue weighted by Gasteiger charge is 2.37. The number of aliphatic hydroxyl groups is 2. The highest BCUT2D eigenvalue weighted by atomic mass is 32.2. The number of aromatic amines is 1. The molecular weight excluding hydrogens is 356 g/mol. The predicted molar refractivity (Wildman–Crippen MR) is 86.4 cm³/mol. The van der Waals surface area contributed by atoms with Gasteiger partial charge in [0.25, 0.3) is 5.56 Å².